The van der Waals surface area contributed by atoms with E-state index >= 15 is 0 Å². The van der Waals surface area contributed by atoms with E-state index < -0.39 is 12.0 Å². The molecule has 0 saturated carbocycles. The summed E-state index contributed by atoms with van der Waals surface area (Å²) in [6.07, 6.45) is 0. The van der Waals surface area contributed by atoms with Gasteiger partial charge < -0.3 is 15.8 Å². The van der Waals surface area contributed by atoms with Crippen LogP contribution in [0, 0.1) is 13.8 Å². The zero-order valence-electron chi connectivity index (χ0n) is 15.6. The number of nitrogens with two attached hydrogens (primary N) is 1. The Morgan fingerprint density at radius 1 is 1.14 bits per heavy atom. The van der Waals surface area contributed by atoms with E-state index in [-0.39, 0.29) is 6.61 Å². The number of nitrogens with one attached hydrogen (secondary N) is 1. The van der Waals surface area contributed by atoms with Crippen molar-refractivity contribution in [3.8, 4) is 0 Å². The van der Waals surface area contributed by atoms with Crippen molar-refractivity contribution in [3.05, 3.63) is 75.4 Å². The molecule has 0 bridgehead atoms. The lowest BCUT2D eigenvalue weighted by atomic mass is 10.0. The molecule has 2 aromatic carbocycles. The van der Waals surface area contributed by atoms with Gasteiger partial charge in [0, 0.05) is 17.5 Å². The lowest BCUT2D eigenvalue weighted by Gasteiger charge is -2.10. The van der Waals surface area contributed by atoms with Crippen molar-refractivity contribution in [1.29, 1.82) is 0 Å². The first-order valence-electron chi connectivity index (χ1n) is 8.70. The van der Waals surface area contributed by atoms with Crippen molar-refractivity contribution in [3.63, 3.8) is 0 Å². The highest BCUT2D eigenvalue weighted by Gasteiger charge is 2.12. The number of carbonyl (C=O) groups is 2. The molecule has 3 rings (SSSR count). The quantitative estimate of drug-likeness (QED) is 0.502. The first-order chi connectivity index (χ1) is 13.3. The number of carbonyl (C=O) groups excluding carboxylic acids is 2. The molecule has 3 aromatic rings. The van der Waals surface area contributed by atoms with Crippen LogP contribution in [0.5, 0.6) is 0 Å². The summed E-state index contributed by atoms with van der Waals surface area (Å²) in [5.41, 5.74) is 9.97. The van der Waals surface area contributed by atoms with E-state index in [4.69, 9.17) is 22.1 Å². The highest BCUT2D eigenvalue weighted by atomic mass is 35.5. The van der Waals surface area contributed by atoms with E-state index in [9.17, 15) is 9.59 Å². The molecule has 144 valence electrons. The standard InChI is InChI=1S/C21H20ClN3O3/c1-12-3-6-16-9-17(19(22)25-18(16)13(12)2)11-28-20(26)15-7-4-14(5-8-15)10-24-21(23)27/h3-9H,10-11H2,1-2H3,(H3,23,24,27). The van der Waals surface area contributed by atoms with Gasteiger partial charge in [-0.25, -0.2) is 14.6 Å². The number of pyridine rings is 1. The average Bonchev–Trinajstić information content (AvgIpc) is 2.68. The Kier molecular flexibility index (Phi) is 5.80. The fourth-order valence-electron chi connectivity index (χ4n) is 2.78. The number of benzene rings is 2. The zero-order valence-corrected chi connectivity index (χ0v) is 16.3. The first kappa shape index (κ1) is 19.6. The molecule has 2 amide bonds. The van der Waals surface area contributed by atoms with Crippen LogP contribution in [-0.4, -0.2) is 17.0 Å². The molecule has 3 N–H and O–H groups in total. The topological polar surface area (TPSA) is 94.3 Å². The van der Waals surface area contributed by atoms with E-state index in [1.165, 1.54) is 0 Å². The van der Waals surface area contributed by atoms with Crippen molar-refractivity contribution >= 4 is 34.5 Å². The lowest BCUT2D eigenvalue weighted by Crippen LogP contribution is -2.28. The minimum atomic E-state index is -0.602. The second-order valence-electron chi connectivity index (χ2n) is 6.51. The van der Waals surface area contributed by atoms with Crippen LogP contribution in [0.1, 0.15) is 32.6 Å². The molecule has 6 nitrogen and oxygen atoms in total. The molecule has 0 saturated heterocycles. The number of aromatic nitrogens is 1. The number of amides is 2. The maximum Gasteiger partial charge on any atom is 0.338 e. The van der Waals surface area contributed by atoms with E-state index in [1.54, 1.807) is 24.3 Å². The van der Waals surface area contributed by atoms with Crippen molar-refractivity contribution in [2.75, 3.05) is 0 Å². The van der Waals surface area contributed by atoms with E-state index in [1.807, 2.05) is 32.0 Å². The van der Waals surface area contributed by atoms with Gasteiger partial charge in [-0.2, -0.15) is 0 Å². The van der Waals surface area contributed by atoms with Crippen LogP contribution in [-0.2, 0) is 17.9 Å². The van der Waals surface area contributed by atoms with E-state index in [0.29, 0.717) is 22.8 Å². The van der Waals surface area contributed by atoms with Gasteiger partial charge in [0.1, 0.15) is 11.8 Å². The number of hydrogen-bond acceptors (Lipinski definition) is 4. The first-order valence-corrected chi connectivity index (χ1v) is 9.07. The van der Waals surface area contributed by atoms with Gasteiger partial charge in [0.25, 0.3) is 0 Å². The molecule has 1 heterocycles. The summed E-state index contributed by atoms with van der Waals surface area (Å²) in [7, 11) is 0. The van der Waals surface area contributed by atoms with Crippen LogP contribution in [0.2, 0.25) is 5.15 Å². The number of halogens is 1. The van der Waals surface area contributed by atoms with Gasteiger partial charge in [-0.05, 0) is 48.7 Å². The van der Waals surface area contributed by atoms with Crippen LogP contribution in [0.3, 0.4) is 0 Å². The third-order valence-corrected chi connectivity index (χ3v) is 4.88. The molecule has 0 fully saturated rings. The van der Waals surface area contributed by atoms with Crippen LogP contribution in [0.15, 0.2) is 42.5 Å². The van der Waals surface area contributed by atoms with Crippen molar-refractivity contribution in [2.45, 2.75) is 27.0 Å². The van der Waals surface area contributed by atoms with Crippen LogP contribution >= 0.6 is 11.6 Å². The van der Waals surface area contributed by atoms with E-state index in [0.717, 1.165) is 27.6 Å². The molecule has 0 aliphatic heterocycles. The van der Waals surface area contributed by atoms with Gasteiger partial charge in [-0.1, -0.05) is 35.9 Å². The molecular formula is C21H20ClN3O3. The second kappa shape index (κ2) is 8.27. The van der Waals surface area contributed by atoms with Crippen molar-refractivity contribution in [1.82, 2.24) is 10.3 Å². The fourth-order valence-corrected chi connectivity index (χ4v) is 2.97. The number of ether oxygens (including phenoxy) is 1. The van der Waals surface area contributed by atoms with Crippen LogP contribution in [0.25, 0.3) is 10.9 Å². The molecular weight excluding hydrogens is 378 g/mol. The predicted octanol–water partition coefficient (Wildman–Crippen LogP) is 4.03. The van der Waals surface area contributed by atoms with Crippen molar-refractivity contribution in [2.24, 2.45) is 5.73 Å². The number of primary amides is 1. The summed E-state index contributed by atoms with van der Waals surface area (Å²) in [6, 6.07) is 12.0. The van der Waals surface area contributed by atoms with Gasteiger partial charge in [0.2, 0.25) is 0 Å². The van der Waals surface area contributed by atoms with Crippen LogP contribution < -0.4 is 11.1 Å². The molecule has 28 heavy (non-hydrogen) atoms. The third-order valence-electron chi connectivity index (χ3n) is 4.55. The highest BCUT2D eigenvalue weighted by Crippen LogP contribution is 2.25. The molecule has 0 unspecified atom stereocenters. The molecule has 0 aliphatic carbocycles. The van der Waals surface area contributed by atoms with Crippen molar-refractivity contribution < 1.29 is 14.3 Å². The Morgan fingerprint density at radius 3 is 2.54 bits per heavy atom. The number of urea groups is 1. The lowest BCUT2D eigenvalue weighted by molar-refractivity contribution is 0.0472. The van der Waals surface area contributed by atoms with Gasteiger partial charge in [0.15, 0.2) is 0 Å². The number of nitrogens with zero attached hydrogens (tertiary/aromatic N) is 1. The van der Waals surface area contributed by atoms with Gasteiger partial charge in [0.05, 0.1) is 11.1 Å². The molecule has 0 atom stereocenters. The zero-order chi connectivity index (χ0) is 20.3. The summed E-state index contributed by atoms with van der Waals surface area (Å²) < 4.78 is 5.38. The van der Waals surface area contributed by atoms with Gasteiger partial charge in [-0.3, -0.25) is 0 Å². The monoisotopic (exact) mass is 397 g/mol. The minimum Gasteiger partial charge on any atom is -0.457 e. The number of aryl methyl sites for hydroxylation is 2. The second-order valence-corrected chi connectivity index (χ2v) is 6.87. The summed E-state index contributed by atoms with van der Waals surface area (Å²) in [6.45, 7) is 4.35. The Hall–Kier alpha value is -3.12. The number of fused-ring (bicyclic) bond motifs is 1. The summed E-state index contributed by atoms with van der Waals surface area (Å²) in [5.74, 6) is -0.467. The smallest absolute Gasteiger partial charge is 0.338 e. The van der Waals surface area contributed by atoms with Crippen LogP contribution in [0.4, 0.5) is 4.79 Å². The predicted molar refractivity (Wildman–Crippen MR) is 108 cm³/mol. The largest absolute Gasteiger partial charge is 0.457 e. The molecule has 0 spiro atoms. The fraction of sp³-hybridized carbons (Fsp3) is 0.190. The molecule has 0 radical (unpaired) electrons. The Balaban J connectivity index is 1.69. The van der Waals surface area contributed by atoms with Gasteiger partial charge in [-0.15, -0.1) is 0 Å². The minimum absolute atomic E-state index is 0.0263. The SMILES string of the molecule is Cc1ccc2cc(COC(=O)c3ccc(CNC(N)=O)cc3)c(Cl)nc2c1C. The highest BCUT2D eigenvalue weighted by molar-refractivity contribution is 6.30. The summed E-state index contributed by atoms with van der Waals surface area (Å²) in [4.78, 5) is 27.5. The van der Waals surface area contributed by atoms with Gasteiger partial charge >= 0.3 is 12.0 Å². The number of rotatable bonds is 5. The Labute approximate surface area is 167 Å². The molecule has 1 aromatic heterocycles. The molecule has 0 aliphatic rings. The maximum atomic E-state index is 12.3. The Morgan fingerprint density at radius 2 is 1.86 bits per heavy atom. The van der Waals surface area contributed by atoms with E-state index in [2.05, 4.69) is 10.3 Å². The number of hydrogen-bond donors (Lipinski definition) is 2. The average molecular weight is 398 g/mol. The molecule has 7 heteroatoms. The normalized spacial score (nSPS) is 10.7. The summed E-state index contributed by atoms with van der Waals surface area (Å²) in [5, 5.41) is 3.76. The number of esters is 1. The Bertz CT molecular complexity index is 1050. The summed E-state index contributed by atoms with van der Waals surface area (Å²) >= 11 is 6.29. The maximum absolute atomic E-state index is 12.3. The third kappa shape index (κ3) is 4.40.